The molecule has 0 aliphatic carbocycles. The number of hydrogen-bond acceptors (Lipinski definition) is 4. The van der Waals surface area contributed by atoms with Crippen LogP contribution in [0, 0.1) is 13.7 Å². The first-order valence-corrected chi connectivity index (χ1v) is 7.06. The van der Waals surface area contributed by atoms with Crippen LogP contribution in [0.4, 0.5) is 5.69 Å². The molecule has 112 valence electrons. The Labute approximate surface area is 145 Å². The van der Waals surface area contributed by atoms with Crippen molar-refractivity contribution >= 4 is 28.3 Å². The topological polar surface area (TPSA) is 77.7 Å². The molecule has 7 nitrogen and oxygen atoms in total. The summed E-state index contributed by atoms with van der Waals surface area (Å²) in [5, 5.41) is 18.6. The van der Waals surface area contributed by atoms with Crippen molar-refractivity contribution < 1.29 is 22.0 Å². The molecule has 0 aliphatic heterocycles. The van der Waals surface area contributed by atoms with E-state index in [9.17, 15) is 10.1 Å². The average molecular weight is 430 g/mol. The predicted octanol–water partition coefficient (Wildman–Crippen LogP) is -0.939. The van der Waals surface area contributed by atoms with Gasteiger partial charge in [0, 0.05) is 15.7 Å². The second kappa shape index (κ2) is 6.79. The van der Waals surface area contributed by atoms with Gasteiger partial charge in [-0.15, -0.1) is 4.68 Å². The van der Waals surface area contributed by atoms with Gasteiger partial charge in [-0.2, -0.15) is 0 Å². The molecular weight excluding hydrogens is 421 g/mol. The van der Waals surface area contributed by atoms with Gasteiger partial charge in [0.05, 0.1) is 4.92 Å². The molecule has 1 heterocycles. The van der Waals surface area contributed by atoms with Crippen LogP contribution in [-0.4, -0.2) is 20.0 Å². The van der Waals surface area contributed by atoms with Crippen LogP contribution in [0.1, 0.15) is 0 Å². The molecule has 0 atom stereocenters. The lowest BCUT2D eigenvalue weighted by molar-refractivity contribution is -0.680. The number of nitrogens with zero attached hydrogens (tertiary/aromatic N) is 5. The number of halogens is 2. The molecule has 1 aromatic heterocycles. The van der Waals surface area contributed by atoms with Crippen LogP contribution in [-0.2, 0) is 0 Å². The summed E-state index contributed by atoms with van der Waals surface area (Å²) in [6, 6.07) is 14.0. The number of tetrazole rings is 1. The van der Waals surface area contributed by atoms with Gasteiger partial charge in [0.25, 0.3) is 12.0 Å². The van der Waals surface area contributed by atoms with Gasteiger partial charge < -0.3 is 12.4 Å². The Morgan fingerprint density at radius 2 is 1.73 bits per heavy atom. The third-order valence-corrected chi connectivity index (χ3v) is 3.60. The fourth-order valence-corrected chi connectivity index (χ4v) is 2.23. The van der Waals surface area contributed by atoms with E-state index in [-0.39, 0.29) is 18.1 Å². The third kappa shape index (κ3) is 3.22. The fourth-order valence-electron chi connectivity index (χ4n) is 1.87. The molecule has 0 spiro atoms. The van der Waals surface area contributed by atoms with Gasteiger partial charge >= 0.3 is 0 Å². The van der Waals surface area contributed by atoms with Crippen molar-refractivity contribution in [2.45, 2.75) is 0 Å². The van der Waals surface area contributed by atoms with Crippen molar-refractivity contribution in [1.29, 1.82) is 0 Å². The standard InChI is InChI=1S/C13H9IN5O2.ClH/c14-10-1-3-12(4-2-10)18-16-15-9-17(18)11-5-7-13(8-6-11)19(20)21;/h1-9H;1H/q+1;/p-1. The smallest absolute Gasteiger partial charge is 0.294 e. The lowest BCUT2D eigenvalue weighted by atomic mass is 10.3. The molecule has 0 fully saturated rings. The number of rotatable bonds is 3. The molecule has 0 amide bonds. The summed E-state index contributed by atoms with van der Waals surface area (Å²) in [6.45, 7) is 0. The molecule has 0 radical (unpaired) electrons. The van der Waals surface area contributed by atoms with E-state index in [1.807, 2.05) is 24.3 Å². The maximum absolute atomic E-state index is 10.7. The molecule has 0 saturated carbocycles. The van der Waals surface area contributed by atoms with E-state index in [1.54, 1.807) is 27.9 Å². The Kier molecular flexibility index (Phi) is 5.03. The lowest BCUT2D eigenvalue weighted by Gasteiger charge is -2.02. The van der Waals surface area contributed by atoms with Gasteiger partial charge in [0.2, 0.25) is 0 Å². The van der Waals surface area contributed by atoms with E-state index in [4.69, 9.17) is 0 Å². The minimum atomic E-state index is -0.427. The first-order valence-electron chi connectivity index (χ1n) is 5.98. The van der Waals surface area contributed by atoms with Crippen LogP contribution in [0.15, 0.2) is 54.9 Å². The Balaban J connectivity index is 0.00000176. The third-order valence-electron chi connectivity index (χ3n) is 2.88. The Morgan fingerprint density at radius 3 is 2.32 bits per heavy atom. The highest BCUT2D eigenvalue weighted by Crippen LogP contribution is 2.13. The molecule has 2 aromatic carbocycles. The highest BCUT2D eigenvalue weighted by Gasteiger charge is 2.15. The van der Waals surface area contributed by atoms with Crippen LogP contribution < -0.4 is 17.1 Å². The van der Waals surface area contributed by atoms with Crippen molar-refractivity contribution in [2.75, 3.05) is 0 Å². The minimum Gasteiger partial charge on any atom is -1.00 e. The largest absolute Gasteiger partial charge is 1.00 e. The zero-order valence-corrected chi connectivity index (χ0v) is 13.9. The van der Waals surface area contributed by atoms with Crippen molar-refractivity contribution in [3.05, 3.63) is 68.5 Å². The Morgan fingerprint density at radius 1 is 1.09 bits per heavy atom. The van der Waals surface area contributed by atoms with Gasteiger partial charge in [-0.05, 0) is 63.8 Å². The Hall–Kier alpha value is -2.07. The highest BCUT2D eigenvalue weighted by molar-refractivity contribution is 14.1. The molecule has 3 aromatic rings. The summed E-state index contributed by atoms with van der Waals surface area (Å²) in [5.74, 6) is 0. The molecule has 22 heavy (non-hydrogen) atoms. The molecular formula is C13H9ClIN5O2. The monoisotopic (exact) mass is 429 g/mol. The predicted molar refractivity (Wildman–Crippen MR) is 82.3 cm³/mol. The second-order valence-electron chi connectivity index (χ2n) is 4.20. The van der Waals surface area contributed by atoms with Crippen LogP contribution in [0.3, 0.4) is 0 Å². The number of nitro groups is 1. The number of nitro benzene ring substituents is 1. The van der Waals surface area contributed by atoms with Crippen LogP contribution in [0.5, 0.6) is 0 Å². The van der Waals surface area contributed by atoms with Crippen LogP contribution in [0.25, 0.3) is 11.4 Å². The van der Waals surface area contributed by atoms with Crippen LogP contribution in [0.2, 0.25) is 0 Å². The summed E-state index contributed by atoms with van der Waals surface area (Å²) < 4.78 is 2.84. The van der Waals surface area contributed by atoms with Gasteiger partial charge in [-0.3, -0.25) is 10.1 Å². The molecule has 0 unspecified atom stereocenters. The summed E-state index contributed by atoms with van der Waals surface area (Å²) in [4.78, 5) is 11.9. The summed E-state index contributed by atoms with van der Waals surface area (Å²) in [7, 11) is 0. The second-order valence-corrected chi connectivity index (χ2v) is 5.45. The number of hydrogen-bond donors (Lipinski definition) is 0. The molecule has 0 N–H and O–H groups in total. The van der Waals surface area contributed by atoms with Crippen molar-refractivity contribution in [2.24, 2.45) is 0 Å². The first kappa shape index (κ1) is 16.3. The SMILES string of the molecule is O=[N+]([O-])c1ccc(-[n+]2cnnn2-c2ccc(I)cc2)cc1.[Cl-]. The molecule has 3 rings (SSSR count). The van der Waals surface area contributed by atoms with E-state index in [1.165, 1.54) is 12.1 Å². The van der Waals surface area contributed by atoms with Crippen molar-refractivity contribution in [3.8, 4) is 11.4 Å². The molecule has 0 aliphatic rings. The van der Waals surface area contributed by atoms with Crippen molar-refractivity contribution in [3.63, 3.8) is 0 Å². The lowest BCUT2D eigenvalue weighted by Crippen LogP contribution is -3.00. The minimum absolute atomic E-state index is 0. The van der Waals surface area contributed by atoms with E-state index in [2.05, 4.69) is 32.9 Å². The normalized spacial score (nSPS) is 10.0. The fraction of sp³-hybridized carbons (Fsp3) is 0. The van der Waals surface area contributed by atoms with Crippen LogP contribution >= 0.6 is 22.6 Å². The summed E-state index contributed by atoms with van der Waals surface area (Å²) >= 11 is 2.23. The molecule has 0 bridgehead atoms. The number of aromatic nitrogens is 4. The van der Waals surface area contributed by atoms with E-state index in [0.717, 1.165) is 14.9 Å². The maximum atomic E-state index is 10.7. The quantitative estimate of drug-likeness (QED) is 0.233. The number of non-ortho nitro benzene ring substituents is 1. The highest BCUT2D eigenvalue weighted by atomic mass is 127. The summed E-state index contributed by atoms with van der Waals surface area (Å²) in [5.41, 5.74) is 1.64. The van der Waals surface area contributed by atoms with Gasteiger partial charge in [-0.1, -0.05) is 0 Å². The van der Waals surface area contributed by atoms with Crippen molar-refractivity contribution in [1.82, 2.24) is 15.1 Å². The number of benzene rings is 2. The van der Waals surface area contributed by atoms with Gasteiger partial charge in [0.1, 0.15) is 16.5 Å². The van der Waals surface area contributed by atoms with E-state index < -0.39 is 4.92 Å². The first-order chi connectivity index (χ1) is 10.1. The summed E-state index contributed by atoms with van der Waals surface area (Å²) in [6.07, 6.45) is 1.55. The molecule has 9 heteroatoms. The van der Waals surface area contributed by atoms with Gasteiger partial charge in [-0.25, -0.2) is 0 Å². The zero-order valence-electron chi connectivity index (χ0n) is 11.0. The zero-order chi connectivity index (χ0) is 14.8. The molecule has 0 saturated heterocycles. The Bertz CT molecular complexity index is 789. The van der Waals surface area contributed by atoms with E-state index >= 15 is 0 Å². The average Bonchev–Trinajstić information content (AvgIpc) is 2.97. The van der Waals surface area contributed by atoms with Gasteiger partial charge in [0.15, 0.2) is 5.21 Å². The van der Waals surface area contributed by atoms with E-state index in [0.29, 0.717) is 0 Å². The maximum Gasteiger partial charge on any atom is 0.294 e.